The molecule has 56 heavy (non-hydrogen) atoms. The number of thiophene rings is 1. The Morgan fingerprint density at radius 2 is 1.82 bits per heavy atom. The number of amides is 2. The van der Waals surface area contributed by atoms with Crippen molar-refractivity contribution in [3.63, 3.8) is 0 Å². The molecule has 2 aromatic carbocycles. The number of likely N-dealkylation sites (tertiary alicyclic amines) is 1. The van der Waals surface area contributed by atoms with Crippen LogP contribution in [-0.4, -0.2) is 114 Å². The number of piperidine rings is 1. The van der Waals surface area contributed by atoms with Crippen LogP contribution < -0.4 is 15.5 Å². The second-order valence-corrected chi connectivity index (χ2v) is 17.7. The maximum Gasteiger partial charge on any atom is 0.412 e. The second-order valence-electron chi connectivity index (χ2n) is 16.3. The van der Waals surface area contributed by atoms with Gasteiger partial charge in [-0.05, 0) is 76.8 Å². The van der Waals surface area contributed by atoms with E-state index in [0.717, 1.165) is 68.0 Å². The van der Waals surface area contributed by atoms with Crippen LogP contribution in [-0.2, 0) is 27.5 Å². The number of carbonyl (C=O) groups excluding carboxylic acids is 2. The fourth-order valence-electron chi connectivity index (χ4n) is 8.68. The van der Waals surface area contributed by atoms with Crippen molar-refractivity contribution in [2.45, 2.75) is 83.9 Å². The summed E-state index contributed by atoms with van der Waals surface area (Å²) in [5, 5.41) is 18.2. The average Bonchev–Trinajstić information content (AvgIpc) is 3.88. The molecule has 2 aromatic heterocycles. The van der Waals surface area contributed by atoms with Gasteiger partial charge >= 0.3 is 6.09 Å². The summed E-state index contributed by atoms with van der Waals surface area (Å²) < 4.78 is 27.4. The molecule has 296 valence electrons. The van der Waals surface area contributed by atoms with Crippen molar-refractivity contribution in [3.8, 4) is 17.2 Å². The number of carbonyl (C=O) groups is 2. The largest absolute Gasteiger partial charge is 0.444 e. The lowest BCUT2D eigenvalue weighted by Gasteiger charge is -2.39. The number of piperazine rings is 1. The van der Waals surface area contributed by atoms with Gasteiger partial charge in [0, 0.05) is 69.3 Å². The highest BCUT2D eigenvalue weighted by Crippen LogP contribution is 2.50. The van der Waals surface area contributed by atoms with Crippen LogP contribution in [0.25, 0.3) is 32.1 Å². The van der Waals surface area contributed by atoms with Gasteiger partial charge in [-0.1, -0.05) is 17.7 Å². The van der Waals surface area contributed by atoms with E-state index in [2.05, 4.69) is 45.4 Å². The number of nitriles is 1. The van der Waals surface area contributed by atoms with E-state index in [9.17, 15) is 14.9 Å². The molecule has 8 rings (SSSR count). The molecule has 0 bridgehead atoms. The number of benzene rings is 2. The summed E-state index contributed by atoms with van der Waals surface area (Å²) in [4.78, 5) is 45.6. The van der Waals surface area contributed by atoms with Gasteiger partial charge in [-0.15, -0.1) is 11.3 Å². The molecule has 0 radical (unpaired) electrons. The number of rotatable bonds is 6. The topological polar surface area (TPSA) is 139 Å². The van der Waals surface area contributed by atoms with Crippen molar-refractivity contribution in [3.05, 3.63) is 39.7 Å². The fraction of sp³-hybridized carbons (Fsp3) is 0.525. The molecule has 4 aliphatic rings. The number of hydrogen-bond acceptors (Lipinski definition) is 12. The summed E-state index contributed by atoms with van der Waals surface area (Å²) in [6.07, 6.45) is 1.71. The van der Waals surface area contributed by atoms with Crippen molar-refractivity contribution in [1.29, 1.82) is 5.26 Å². The third kappa shape index (κ3) is 6.89. The molecular weight excluding hydrogens is 757 g/mol. The standard InChI is InChI=1S/C40H47ClFN9O4S/c1-21-28(50-16-14-48(5)15-17-50)11-13-51(21)38-45-33-31(35(46-38)44-27-8-7-12-49(6)37(27)52)25-20-54-19-24(25)29(32(33)41)22-9-10-26(42)34-30(22)23(18-43)36(56-34)47-39(53)55-40(2,3)4/h9-10,21,27-28H,7-8,11-17,19-20H2,1-6H3,(H,47,53)(H,44,45,46)/t21-,27+,28-/m0/s1. The number of nitrogens with one attached hydrogen (secondary N) is 2. The molecule has 0 saturated carbocycles. The van der Waals surface area contributed by atoms with Gasteiger partial charge in [0.25, 0.3) is 0 Å². The Hall–Kier alpha value is -4.33. The van der Waals surface area contributed by atoms with Crippen LogP contribution in [0.1, 0.15) is 63.6 Å². The normalized spacial score (nSPS) is 22.2. The lowest BCUT2D eigenvalue weighted by molar-refractivity contribution is -0.132. The van der Waals surface area contributed by atoms with E-state index in [1.165, 1.54) is 6.07 Å². The third-order valence-electron chi connectivity index (χ3n) is 11.5. The number of ether oxygens (including phenoxy) is 2. The van der Waals surface area contributed by atoms with Crippen molar-refractivity contribution in [1.82, 2.24) is 24.7 Å². The minimum atomic E-state index is -0.782. The van der Waals surface area contributed by atoms with E-state index >= 15 is 4.39 Å². The summed E-state index contributed by atoms with van der Waals surface area (Å²) in [5.41, 5.74) is 2.46. The maximum absolute atomic E-state index is 15.7. The van der Waals surface area contributed by atoms with E-state index < -0.39 is 23.6 Å². The van der Waals surface area contributed by atoms with E-state index in [0.29, 0.717) is 63.2 Å². The highest BCUT2D eigenvalue weighted by atomic mass is 35.5. The molecule has 4 aliphatic heterocycles. The van der Waals surface area contributed by atoms with Crippen molar-refractivity contribution < 1.29 is 23.5 Å². The predicted molar refractivity (Wildman–Crippen MR) is 217 cm³/mol. The van der Waals surface area contributed by atoms with Gasteiger partial charge in [-0.2, -0.15) is 10.2 Å². The summed E-state index contributed by atoms with van der Waals surface area (Å²) in [6, 6.07) is 5.13. The average molecular weight is 804 g/mol. The fourth-order valence-corrected chi connectivity index (χ4v) is 10.1. The molecule has 3 atom stereocenters. The SMILES string of the molecule is C[C@H]1[C@@H](N2CCN(C)CC2)CCN1c1nc(N[C@@H]2CCCN(C)C2=O)c2c3c(c(-c4ccc(F)c5sc(NC(=O)OC(C)(C)C)c(C#N)c45)c(Cl)c2n1)COC3. The van der Waals surface area contributed by atoms with Crippen LogP contribution in [0, 0.1) is 17.1 Å². The van der Waals surface area contributed by atoms with Crippen LogP contribution in [0.15, 0.2) is 12.1 Å². The molecule has 0 aliphatic carbocycles. The molecule has 13 nitrogen and oxygen atoms in total. The van der Waals surface area contributed by atoms with Gasteiger partial charge < -0.3 is 29.5 Å². The Bertz CT molecular complexity index is 2280. The quantitative estimate of drug-likeness (QED) is 0.213. The van der Waals surface area contributed by atoms with E-state index in [1.54, 1.807) is 31.7 Å². The van der Waals surface area contributed by atoms with Gasteiger partial charge in [0.1, 0.15) is 34.3 Å². The molecule has 6 heterocycles. The second kappa shape index (κ2) is 14.9. The molecular formula is C40H47ClFN9O4S. The first-order valence-electron chi connectivity index (χ1n) is 19.2. The van der Waals surface area contributed by atoms with Crippen molar-refractivity contribution in [2.24, 2.45) is 0 Å². The smallest absolute Gasteiger partial charge is 0.412 e. The molecule has 0 unspecified atom stereocenters. The first-order valence-corrected chi connectivity index (χ1v) is 20.4. The number of nitrogens with zero attached hydrogens (tertiary/aromatic N) is 7. The Morgan fingerprint density at radius 1 is 1.07 bits per heavy atom. The third-order valence-corrected chi connectivity index (χ3v) is 13.0. The first-order chi connectivity index (χ1) is 26.7. The molecule has 3 fully saturated rings. The van der Waals surface area contributed by atoms with Gasteiger partial charge in [0.2, 0.25) is 11.9 Å². The van der Waals surface area contributed by atoms with Crippen molar-refractivity contribution in [2.75, 3.05) is 68.9 Å². The zero-order chi connectivity index (χ0) is 39.6. The highest BCUT2D eigenvalue weighted by molar-refractivity contribution is 7.23. The molecule has 2 N–H and O–H groups in total. The summed E-state index contributed by atoms with van der Waals surface area (Å²) in [7, 11) is 3.97. The number of likely N-dealkylation sites (N-methyl/N-ethyl adjacent to an activating group) is 2. The zero-order valence-electron chi connectivity index (χ0n) is 32.6. The van der Waals surface area contributed by atoms with Gasteiger partial charge in [-0.25, -0.2) is 14.2 Å². The monoisotopic (exact) mass is 803 g/mol. The predicted octanol–water partition coefficient (Wildman–Crippen LogP) is 6.80. The lowest BCUT2D eigenvalue weighted by Crippen LogP contribution is -2.52. The Balaban J connectivity index is 1.30. The Morgan fingerprint density at radius 3 is 2.55 bits per heavy atom. The lowest BCUT2D eigenvalue weighted by atomic mass is 9.91. The van der Waals surface area contributed by atoms with E-state index in [1.807, 2.05) is 7.05 Å². The minimum absolute atomic E-state index is 0.00386. The number of hydrogen-bond donors (Lipinski definition) is 2. The number of fused-ring (bicyclic) bond motifs is 4. The Labute approximate surface area is 334 Å². The molecule has 0 spiro atoms. The van der Waals surface area contributed by atoms with Crippen LogP contribution in [0.3, 0.4) is 0 Å². The number of halogens is 2. The maximum atomic E-state index is 15.7. The van der Waals surface area contributed by atoms with Gasteiger partial charge in [-0.3, -0.25) is 15.0 Å². The van der Waals surface area contributed by atoms with Crippen LogP contribution in [0.5, 0.6) is 0 Å². The summed E-state index contributed by atoms with van der Waals surface area (Å²) in [6.45, 7) is 13.4. The summed E-state index contributed by atoms with van der Waals surface area (Å²) >= 11 is 8.53. The van der Waals surface area contributed by atoms with E-state index in [-0.39, 0.29) is 40.4 Å². The van der Waals surface area contributed by atoms with E-state index in [4.69, 9.17) is 31.0 Å². The molecule has 4 aromatic rings. The summed E-state index contributed by atoms with van der Waals surface area (Å²) in [5.74, 6) is 0.485. The van der Waals surface area contributed by atoms with Gasteiger partial charge in [0.05, 0.1) is 39.4 Å². The first kappa shape index (κ1) is 38.5. The Kier molecular flexibility index (Phi) is 10.2. The van der Waals surface area contributed by atoms with Crippen LogP contribution in [0.2, 0.25) is 5.02 Å². The molecule has 2 amide bonds. The number of anilines is 3. The van der Waals surface area contributed by atoms with Crippen LogP contribution in [0.4, 0.5) is 26.0 Å². The van der Waals surface area contributed by atoms with Crippen LogP contribution >= 0.6 is 22.9 Å². The minimum Gasteiger partial charge on any atom is -0.444 e. The molecule has 3 saturated heterocycles. The highest BCUT2D eigenvalue weighted by Gasteiger charge is 2.39. The van der Waals surface area contributed by atoms with Gasteiger partial charge in [0.15, 0.2) is 0 Å². The van der Waals surface area contributed by atoms with Crippen molar-refractivity contribution >= 4 is 72.7 Å². The molecule has 16 heteroatoms. The zero-order valence-corrected chi connectivity index (χ0v) is 34.2. The number of aromatic nitrogens is 2.